The number of rotatable bonds is 4. The van der Waals surface area contributed by atoms with E-state index in [1.165, 1.54) is 12.3 Å². The molecule has 0 amide bonds. The maximum Gasteiger partial charge on any atom is 0.418 e. The van der Waals surface area contributed by atoms with Crippen LogP contribution in [0.25, 0.3) is 38.6 Å². The van der Waals surface area contributed by atoms with Gasteiger partial charge in [-0.1, -0.05) is 6.07 Å². The summed E-state index contributed by atoms with van der Waals surface area (Å²) in [4.78, 5) is 36.8. The van der Waals surface area contributed by atoms with E-state index in [2.05, 4.69) is 25.1 Å². The molecule has 7 rings (SSSR count). The van der Waals surface area contributed by atoms with Crippen molar-refractivity contribution in [2.75, 3.05) is 43.9 Å². The number of carboxylic acid groups (broad SMARTS) is 1. The van der Waals surface area contributed by atoms with Crippen molar-refractivity contribution in [1.29, 1.82) is 0 Å². The highest BCUT2D eigenvalue weighted by molar-refractivity contribution is 6.18. The minimum atomic E-state index is -4.94. The molecule has 2 saturated heterocycles. The first-order valence-corrected chi connectivity index (χ1v) is 13.8. The zero-order chi connectivity index (χ0) is 31.2. The molecule has 2 aliphatic rings. The van der Waals surface area contributed by atoms with E-state index in [-0.39, 0.29) is 22.6 Å². The Morgan fingerprint density at radius 1 is 1.16 bits per heavy atom. The Hall–Kier alpha value is -4.72. The van der Waals surface area contributed by atoms with Crippen molar-refractivity contribution in [2.45, 2.75) is 18.6 Å². The van der Waals surface area contributed by atoms with Crippen LogP contribution in [0.4, 0.5) is 33.3 Å². The molecule has 0 saturated carbocycles. The molecule has 228 valence electrons. The van der Waals surface area contributed by atoms with E-state index in [1.54, 1.807) is 7.05 Å². The summed E-state index contributed by atoms with van der Waals surface area (Å²) in [7, 11) is 3.57. The van der Waals surface area contributed by atoms with E-state index < -0.39 is 46.0 Å². The first-order chi connectivity index (χ1) is 20.9. The van der Waals surface area contributed by atoms with Crippen molar-refractivity contribution in [3.63, 3.8) is 0 Å². The summed E-state index contributed by atoms with van der Waals surface area (Å²) in [6.45, 7) is 2.12. The van der Waals surface area contributed by atoms with Gasteiger partial charge in [-0.25, -0.2) is 18.6 Å². The van der Waals surface area contributed by atoms with E-state index in [4.69, 9.17) is 0 Å². The normalized spacial score (nSPS) is 19.0. The molecule has 0 spiro atoms. The highest BCUT2D eigenvalue weighted by Gasteiger charge is 2.42. The van der Waals surface area contributed by atoms with Crippen LogP contribution in [-0.2, 0) is 6.18 Å². The third kappa shape index (κ3) is 4.03. The molecule has 2 aliphatic heterocycles. The van der Waals surface area contributed by atoms with Crippen LogP contribution in [0.2, 0.25) is 0 Å². The Balaban J connectivity index is 1.57. The molecular weight excluding hydrogens is 587 g/mol. The third-order valence-electron chi connectivity index (χ3n) is 8.86. The summed E-state index contributed by atoms with van der Waals surface area (Å²) in [5.74, 6) is -3.66. The second-order valence-corrected chi connectivity index (χ2v) is 11.4. The molecule has 2 unspecified atom stereocenters. The van der Waals surface area contributed by atoms with Crippen molar-refractivity contribution >= 4 is 44.8 Å². The Bertz CT molecular complexity index is 2090. The number of aromatic carboxylic acids is 1. The number of hydrogen-bond donors (Lipinski definition) is 3. The van der Waals surface area contributed by atoms with Gasteiger partial charge in [-0.05, 0) is 31.5 Å². The van der Waals surface area contributed by atoms with E-state index in [0.29, 0.717) is 57.3 Å². The Morgan fingerprint density at radius 2 is 1.93 bits per heavy atom. The van der Waals surface area contributed by atoms with Gasteiger partial charge < -0.3 is 25.2 Å². The van der Waals surface area contributed by atoms with Crippen LogP contribution in [0.3, 0.4) is 0 Å². The Kier molecular flexibility index (Phi) is 6.15. The Labute approximate surface area is 245 Å². The number of halogens is 5. The molecule has 6 heterocycles. The fourth-order valence-electron chi connectivity index (χ4n) is 6.94. The van der Waals surface area contributed by atoms with E-state index in [1.807, 2.05) is 7.05 Å². The summed E-state index contributed by atoms with van der Waals surface area (Å²) in [6, 6.07) is 3.87. The zero-order valence-corrected chi connectivity index (χ0v) is 23.4. The lowest BCUT2D eigenvalue weighted by Crippen LogP contribution is -2.35. The minimum absolute atomic E-state index is 0.00770. The number of pyridine rings is 3. The lowest BCUT2D eigenvalue weighted by molar-refractivity contribution is -0.136. The van der Waals surface area contributed by atoms with Gasteiger partial charge in [0.25, 0.3) is 5.56 Å². The average molecular weight is 613 g/mol. The number of carbonyl (C=O) groups is 1. The molecule has 44 heavy (non-hydrogen) atoms. The molecule has 14 heteroatoms. The second-order valence-electron chi connectivity index (χ2n) is 11.4. The molecule has 0 radical (unpaired) electrons. The molecule has 2 atom stereocenters. The summed E-state index contributed by atoms with van der Waals surface area (Å²) >= 11 is 0. The van der Waals surface area contributed by atoms with Crippen molar-refractivity contribution < 1.29 is 31.9 Å². The number of likely N-dealkylation sites (N-methyl/N-ethyl adjacent to an activating group) is 1. The van der Waals surface area contributed by atoms with Crippen LogP contribution in [0.15, 0.2) is 41.5 Å². The first kappa shape index (κ1) is 28.1. The first-order valence-electron chi connectivity index (χ1n) is 13.8. The number of benzene rings is 1. The number of nitrogens with one attached hydrogen (secondary N) is 2. The van der Waals surface area contributed by atoms with Gasteiger partial charge >= 0.3 is 12.1 Å². The van der Waals surface area contributed by atoms with Gasteiger partial charge in [0.2, 0.25) is 0 Å². The number of hydrogen-bond acceptors (Lipinski definition) is 6. The quantitative estimate of drug-likeness (QED) is 0.241. The van der Waals surface area contributed by atoms with Gasteiger partial charge in [0.1, 0.15) is 11.2 Å². The van der Waals surface area contributed by atoms with Gasteiger partial charge in [-0.15, -0.1) is 0 Å². The number of fused-ring (bicyclic) bond motifs is 5. The fourth-order valence-corrected chi connectivity index (χ4v) is 6.94. The van der Waals surface area contributed by atoms with Crippen LogP contribution in [0.5, 0.6) is 0 Å². The van der Waals surface area contributed by atoms with Crippen LogP contribution in [-0.4, -0.2) is 70.1 Å². The maximum absolute atomic E-state index is 15.7. The minimum Gasteiger partial charge on any atom is -0.477 e. The third-order valence-corrected chi connectivity index (χ3v) is 8.86. The average Bonchev–Trinajstić information content (AvgIpc) is 3.66. The van der Waals surface area contributed by atoms with Crippen molar-refractivity contribution in [2.24, 2.45) is 5.92 Å². The van der Waals surface area contributed by atoms with E-state index in [0.717, 1.165) is 31.3 Å². The second kappa shape index (κ2) is 9.64. The van der Waals surface area contributed by atoms with E-state index in [9.17, 15) is 32.3 Å². The number of nitrogens with zero attached hydrogens (tertiary/aromatic N) is 4. The molecule has 2 fully saturated rings. The standard InChI is InChI=1S/C30H25F5N6O3/c1-36-19-8-18(31)24(32)22-23-26(40-6-5-14-10-39(2)12-21(14)40)16(9-37-27(23)38-25(19)22)13-3-4-20-17(30(33,34)35)7-15(29(43)44)28(42)41(20)11-13/h3-4,7-9,11,14,21,36H,5-6,10,12H2,1-2H3,(H,37,38)(H,43,44). The highest BCUT2D eigenvalue weighted by Crippen LogP contribution is 2.47. The Morgan fingerprint density at radius 3 is 2.64 bits per heavy atom. The van der Waals surface area contributed by atoms with Crippen molar-refractivity contribution in [3.05, 3.63) is 69.8 Å². The molecular formula is C30H25F5N6O3. The van der Waals surface area contributed by atoms with Crippen molar-refractivity contribution in [3.8, 4) is 11.1 Å². The molecule has 0 aliphatic carbocycles. The molecule has 9 nitrogen and oxygen atoms in total. The monoisotopic (exact) mass is 612 g/mol. The van der Waals surface area contributed by atoms with Gasteiger partial charge in [-0.3, -0.25) is 9.20 Å². The lowest BCUT2D eigenvalue weighted by atomic mass is 10.00. The number of carboxylic acids is 1. The molecule has 1 aromatic carbocycles. The highest BCUT2D eigenvalue weighted by atomic mass is 19.4. The summed E-state index contributed by atoms with van der Waals surface area (Å²) in [5.41, 5.74) is -2.00. The van der Waals surface area contributed by atoms with Gasteiger partial charge in [-0.2, -0.15) is 13.2 Å². The molecule has 4 aromatic heterocycles. The largest absolute Gasteiger partial charge is 0.477 e. The number of aromatic nitrogens is 3. The molecule has 5 aromatic rings. The van der Waals surface area contributed by atoms with Gasteiger partial charge in [0, 0.05) is 62.3 Å². The zero-order valence-electron chi connectivity index (χ0n) is 23.4. The predicted molar refractivity (Wildman–Crippen MR) is 154 cm³/mol. The number of anilines is 2. The molecule has 0 bridgehead atoms. The summed E-state index contributed by atoms with van der Waals surface area (Å²) < 4.78 is 73.1. The van der Waals surface area contributed by atoms with Crippen LogP contribution in [0, 0.1) is 17.6 Å². The van der Waals surface area contributed by atoms with Gasteiger partial charge in [0.15, 0.2) is 11.6 Å². The summed E-state index contributed by atoms with van der Waals surface area (Å²) in [6.07, 6.45) is -1.49. The fraction of sp³-hybridized carbons (Fsp3) is 0.300. The smallest absolute Gasteiger partial charge is 0.418 e. The van der Waals surface area contributed by atoms with Crippen molar-refractivity contribution in [1.82, 2.24) is 19.3 Å². The number of likely N-dealkylation sites (tertiary alicyclic amines) is 1. The van der Waals surface area contributed by atoms with E-state index >= 15 is 4.39 Å². The predicted octanol–water partition coefficient (Wildman–Crippen LogP) is 5.17. The summed E-state index contributed by atoms with van der Waals surface area (Å²) in [5, 5.41) is 12.6. The number of aromatic amines is 1. The lowest BCUT2D eigenvalue weighted by Gasteiger charge is -2.29. The number of alkyl halides is 3. The van der Waals surface area contributed by atoms with Crippen LogP contribution >= 0.6 is 0 Å². The maximum atomic E-state index is 15.7. The topological polar surface area (TPSA) is 106 Å². The molecule has 3 N–H and O–H groups in total. The van der Waals surface area contributed by atoms with Crippen LogP contribution in [0.1, 0.15) is 22.3 Å². The van der Waals surface area contributed by atoms with Gasteiger partial charge in [0.05, 0.1) is 38.7 Å². The SMILES string of the molecule is CNc1cc(F)c(F)c2c1[nH]c1ncc(-c3ccc4c(C(F)(F)F)cc(C(=O)O)c(=O)n4c3)c(N3CCC4CN(C)CC43)c12. The van der Waals surface area contributed by atoms with Crippen LogP contribution < -0.4 is 15.8 Å². The number of H-pyrrole nitrogens is 1.